The first kappa shape index (κ1) is 15.5. The van der Waals surface area contributed by atoms with Crippen molar-refractivity contribution in [2.24, 2.45) is 0 Å². The molecular weight excluding hydrogens is 253 g/mol. The molecule has 2 nitrogen and oxygen atoms in total. The van der Waals surface area contributed by atoms with E-state index >= 15 is 0 Å². The van der Waals surface area contributed by atoms with Crippen molar-refractivity contribution < 1.29 is 9.13 Å². The molecule has 1 fully saturated rings. The predicted octanol–water partition coefficient (Wildman–Crippen LogP) is 4.13. The fraction of sp³-hybridized carbons (Fsp3) is 0.647. The zero-order valence-electron chi connectivity index (χ0n) is 12.8. The third kappa shape index (κ3) is 3.04. The highest BCUT2D eigenvalue weighted by molar-refractivity contribution is 5.28. The van der Waals surface area contributed by atoms with Gasteiger partial charge in [-0.2, -0.15) is 0 Å². The first-order valence-corrected chi connectivity index (χ1v) is 7.70. The van der Waals surface area contributed by atoms with Crippen LogP contribution in [0.5, 0.6) is 0 Å². The number of hydrogen-bond acceptors (Lipinski definition) is 2. The van der Waals surface area contributed by atoms with Crippen LogP contribution in [0.15, 0.2) is 18.2 Å². The van der Waals surface area contributed by atoms with Crippen LogP contribution in [0.4, 0.5) is 4.39 Å². The summed E-state index contributed by atoms with van der Waals surface area (Å²) in [6.07, 6.45) is 5.73. The summed E-state index contributed by atoms with van der Waals surface area (Å²) in [5.74, 6) is -0.134. The van der Waals surface area contributed by atoms with Crippen molar-refractivity contribution in [1.29, 1.82) is 0 Å². The van der Waals surface area contributed by atoms with Crippen LogP contribution in [-0.2, 0) is 4.74 Å². The second kappa shape index (κ2) is 6.68. The van der Waals surface area contributed by atoms with Gasteiger partial charge in [-0.1, -0.05) is 31.4 Å². The molecule has 1 aliphatic carbocycles. The number of ether oxygens (including phenoxy) is 1. The standard InChI is InChI=1S/C17H26FNO/c1-4-20-17(10-6-5-7-11-17)16(19-3)14-9-8-13(2)15(18)12-14/h8-9,12,16,19H,4-7,10-11H2,1-3H3. The van der Waals surface area contributed by atoms with Crippen molar-refractivity contribution in [3.8, 4) is 0 Å². The maximum absolute atomic E-state index is 13.9. The van der Waals surface area contributed by atoms with Crippen molar-refractivity contribution in [2.45, 2.75) is 57.6 Å². The molecule has 1 aliphatic rings. The van der Waals surface area contributed by atoms with Crippen LogP contribution >= 0.6 is 0 Å². The molecule has 0 aliphatic heterocycles. The lowest BCUT2D eigenvalue weighted by Crippen LogP contribution is -2.46. The van der Waals surface area contributed by atoms with Crippen LogP contribution in [0.2, 0.25) is 0 Å². The maximum atomic E-state index is 13.9. The molecule has 1 saturated carbocycles. The zero-order valence-corrected chi connectivity index (χ0v) is 12.8. The molecule has 0 aromatic heterocycles. The van der Waals surface area contributed by atoms with E-state index in [4.69, 9.17) is 4.74 Å². The second-order valence-corrected chi connectivity index (χ2v) is 5.79. The van der Waals surface area contributed by atoms with Gasteiger partial charge in [0.1, 0.15) is 5.82 Å². The van der Waals surface area contributed by atoms with Crippen molar-refractivity contribution >= 4 is 0 Å². The van der Waals surface area contributed by atoms with E-state index < -0.39 is 0 Å². The summed E-state index contributed by atoms with van der Waals surface area (Å²) in [6, 6.07) is 5.59. The molecule has 1 atom stereocenters. The van der Waals surface area contributed by atoms with Gasteiger partial charge in [-0.05, 0) is 50.9 Å². The van der Waals surface area contributed by atoms with E-state index in [9.17, 15) is 4.39 Å². The van der Waals surface area contributed by atoms with Crippen molar-refractivity contribution in [3.05, 3.63) is 35.1 Å². The predicted molar refractivity (Wildman–Crippen MR) is 80.4 cm³/mol. The molecule has 2 rings (SSSR count). The topological polar surface area (TPSA) is 21.3 Å². The Balaban J connectivity index is 2.34. The Morgan fingerprint density at radius 1 is 1.30 bits per heavy atom. The Hall–Kier alpha value is -0.930. The van der Waals surface area contributed by atoms with E-state index in [0.717, 1.165) is 18.4 Å². The van der Waals surface area contributed by atoms with E-state index in [0.29, 0.717) is 12.2 Å². The number of rotatable bonds is 5. The molecule has 0 heterocycles. The number of nitrogens with one attached hydrogen (secondary N) is 1. The smallest absolute Gasteiger partial charge is 0.126 e. The summed E-state index contributed by atoms with van der Waals surface area (Å²) < 4.78 is 20.0. The van der Waals surface area contributed by atoms with Crippen LogP contribution < -0.4 is 5.32 Å². The molecule has 1 aromatic carbocycles. The molecule has 0 radical (unpaired) electrons. The number of aryl methyl sites for hydroxylation is 1. The number of likely N-dealkylation sites (N-methyl/N-ethyl adjacent to an activating group) is 1. The minimum atomic E-state index is -0.191. The molecule has 1 N–H and O–H groups in total. The number of benzene rings is 1. The molecule has 0 amide bonds. The van der Waals surface area contributed by atoms with Gasteiger partial charge in [0.05, 0.1) is 11.6 Å². The van der Waals surface area contributed by atoms with Crippen LogP contribution in [0.3, 0.4) is 0 Å². The summed E-state index contributed by atoms with van der Waals surface area (Å²) in [4.78, 5) is 0. The van der Waals surface area contributed by atoms with E-state index in [-0.39, 0.29) is 17.5 Å². The highest BCUT2D eigenvalue weighted by Crippen LogP contribution is 2.41. The number of halogens is 1. The average molecular weight is 279 g/mol. The van der Waals surface area contributed by atoms with Crippen LogP contribution in [0, 0.1) is 12.7 Å². The fourth-order valence-electron chi connectivity index (χ4n) is 3.48. The normalized spacial score (nSPS) is 19.8. The maximum Gasteiger partial charge on any atom is 0.126 e. The molecule has 1 unspecified atom stereocenters. The molecule has 3 heteroatoms. The Morgan fingerprint density at radius 2 is 2.00 bits per heavy atom. The van der Waals surface area contributed by atoms with Gasteiger partial charge in [0.2, 0.25) is 0 Å². The lowest BCUT2D eigenvalue weighted by atomic mass is 9.76. The quantitative estimate of drug-likeness (QED) is 0.875. The lowest BCUT2D eigenvalue weighted by Gasteiger charge is -2.43. The first-order chi connectivity index (χ1) is 9.63. The minimum absolute atomic E-state index is 0.0536. The summed E-state index contributed by atoms with van der Waals surface area (Å²) >= 11 is 0. The largest absolute Gasteiger partial charge is 0.373 e. The molecule has 1 aromatic rings. The molecule has 0 saturated heterocycles. The summed E-state index contributed by atoms with van der Waals surface area (Å²) in [6.45, 7) is 4.54. The highest BCUT2D eigenvalue weighted by atomic mass is 19.1. The van der Waals surface area contributed by atoms with E-state index in [1.807, 2.05) is 26.1 Å². The van der Waals surface area contributed by atoms with Gasteiger partial charge < -0.3 is 10.1 Å². The first-order valence-electron chi connectivity index (χ1n) is 7.70. The van der Waals surface area contributed by atoms with Crippen LogP contribution in [-0.4, -0.2) is 19.3 Å². The van der Waals surface area contributed by atoms with Gasteiger partial charge in [0.25, 0.3) is 0 Å². The SMILES string of the molecule is CCOC1(C(NC)c2ccc(C)c(F)c2)CCCCC1. The van der Waals surface area contributed by atoms with E-state index in [1.54, 1.807) is 13.0 Å². The fourth-order valence-corrected chi connectivity index (χ4v) is 3.48. The van der Waals surface area contributed by atoms with Gasteiger partial charge in [0, 0.05) is 6.61 Å². The summed E-state index contributed by atoms with van der Waals surface area (Å²) in [7, 11) is 1.94. The monoisotopic (exact) mass is 279 g/mol. The molecule has 0 spiro atoms. The number of hydrogen-bond donors (Lipinski definition) is 1. The van der Waals surface area contributed by atoms with E-state index in [2.05, 4.69) is 5.32 Å². The Bertz CT molecular complexity index is 435. The van der Waals surface area contributed by atoms with E-state index in [1.165, 1.54) is 19.3 Å². The van der Waals surface area contributed by atoms with Crippen molar-refractivity contribution in [1.82, 2.24) is 5.32 Å². The van der Waals surface area contributed by atoms with Crippen LogP contribution in [0.25, 0.3) is 0 Å². The molecule has 0 bridgehead atoms. The molecule has 20 heavy (non-hydrogen) atoms. The van der Waals surface area contributed by atoms with Gasteiger partial charge in [-0.3, -0.25) is 0 Å². The Labute approximate surface area is 121 Å². The Morgan fingerprint density at radius 3 is 2.55 bits per heavy atom. The second-order valence-electron chi connectivity index (χ2n) is 5.79. The molecular formula is C17H26FNO. The van der Waals surface area contributed by atoms with Gasteiger partial charge in [-0.15, -0.1) is 0 Å². The minimum Gasteiger partial charge on any atom is -0.373 e. The summed E-state index contributed by atoms with van der Waals surface area (Å²) in [5.41, 5.74) is 1.49. The zero-order chi connectivity index (χ0) is 14.6. The average Bonchev–Trinajstić information content (AvgIpc) is 2.45. The Kier molecular flexibility index (Phi) is 5.17. The van der Waals surface area contributed by atoms with Crippen molar-refractivity contribution in [2.75, 3.05) is 13.7 Å². The highest BCUT2D eigenvalue weighted by Gasteiger charge is 2.40. The third-order valence-electron chi connectivity index (χ3n) is 4.48. The van der Waals surface area contributed by atoms with Crippen LogP contribution in [0.1, 0.15) is 56.2 Å². The summed E-state index contributed by atoms with van der Waals surface area (Å²) in [5, 5.41) is 3.37. The van der Waals surface area contributed by atoms with Gasteiger partial charge >= 0.3 is 0 Å². The molecule has 112 valence electrons. The van der Waals surface area contributed by atoms with Gasteiger partial charge in [0.15, 0.2) is 0 Å². The lowest BCUT2D eigenvalue weighted by molar-refractivity contribution is -0.0898. The van der Waals surface area contributed by atoms with Gasteiger partial charge in [-0.25, -0.2) is 4.39 Å². The van der Waals surface area contributed by atoms with Crippen molar-refractivity contribution in [3.63, 3.8) is 0 Å². The third-order valence-corrected chi connectivity index (χ3v) is 4.48.